The lowest BCUT2D eigenvalue weighted by atomic mass is 10.0. The third-order valence-electron chi connectivity index (χ3n) is 3.22. The highest BCUT2D eigenvalue weighted by Gasteiger charge is 2.17. The van der Waals surface area contributed by atoms with Crippen LogP contribution in [0, 0.1) is 0 Å². The van der Waals surface area contributed by atoms with Gasteiger partial charge in [0.1, 0.15) is 0 Å². The van der Waals surface area contributed by atoms with Crippen molar-refractivity contribution in [2.75, 3.05) is 6.54 Å². The van der Waals surface area contributed by atoms with E-state index < -0.39 is 0 Å². The van der Waals surface area contributed by atoms with Gasteiger partial charge >= 0.3 is 0 Å². The summed E-state index contributed by atoms with van der Waals surface area (Å²) < 4.78 is 1.48. The Morgan fingerprint density at radius 2 is 2.10 bits per heavy atom. The number of rotatable bonds is 6. The smallest absolute Gasteiger partial charge is 0.0992 e. The lowest BCUT2D eigenvalue weighted by Gasteiger charge is -2.17. The van der Waals surface area contributed by atoms with Crippen LogP contribution in [0.25, 0.3) is 0 Å². The number of nitrogens with zero attached hydrogens (tertiary/aromatic N) is 1. The SMILES string of the molecule is CCNC(Cc1ccc(CC)cn1)c1cc(Cl)sc1Cl. The van der Waals surface area contributed by atoms with Crippen LogP contribution < -0.4 is 5.32 Å². The number of hydrogen-bond acceptors (Lipinski definition) is 3. The van der Waals surface area contributed by atoms with Gasteiger partial charge < -0.3 is 5.32 Å². The number of aryl methyl sites for hydroxylation is 1. The molecule has 20 heavy (non-hydrogen) atoms. The van der Waals surface area contributed by atoms with Crippen LogP contribution in [0.5, 0.6) is 0 Å². The zero-order chi connectivity index (χ0) is 14.5. The maximum absolute atomic E-state index is 6.26. The Balaban J connectivity index is 2.18. The van der Waals surface area contributed by atoms with Gasteiger partial charge in [-0.2, -0.15) is 0 Å². The Morgan fingerprint density at radius 1 is 1.30 bits per heavy atom. The summed E-state index contributed by atoms with van der Waals surface area (Å²) in [5.41, 5.74) is 3.38. The highest BCUT2D eigenvalue weighted by molar-refractivity contribution is 7.20. The second kappa shape index (κ2) is 7.41. The lowest BCUT2D eigenvalue weighted by Crippen LogP contribution is -2.23. The Bertz CT molecular complexity index is 552. The molecule has 1 unspecified atom stereocenters. The fourth-order valence-electron chi connectivity index (χ4n) is 2.12. The topological polar surface area (TPSA) is 24.9 Å². The fourth-order valence-corrected chi connectivity index (χ4v) is 3.70. The molecule has 2 rings (SSSR count). The number of likely N-dealkylation sites (N-methyl/N-ethyl adjacent to an activating group) is 1. The van der Waals surface area contributed by atoms with Gasteiger partial charge in [0.2, 0.25) is 0 Å². The summed E-state index contributed by atoms with van der Waals surface area (Å²) in [6.07, 6.45) is 3.76. The molecule has 2 heterocycles. The number of halogens is 2. The zero-order valence-electron chi connectivity index (χ0n) is 11.6. The van der Waals surface area contributed by atoms with Crippen LogP contribution in [0.1, 0.15) is 36.7 Å². The number of aromatic nitrogens is 1. The van der Waals surface area contributed by atoms with Crippen molar-refractivity contribution >= 4 is 34.5 Å². The van der Waals surface area contributed by atoms with Crippen molar-refractivity contribution in [2.24, 2.45) is 0 Å². The molecule has 1 atom stereocenters. The van der Waals surface area contributed by atoms with Gasteiger partial charge in [0.05, 0.1) is 8.67 Å². The van der Waals surface area contributed by atoms with Crippen LogP contribution in [0.15, 0.2) is 24.4 Å². The third-order valence-corrected chi connectivity index (χ3v) is 4.73. The number of thiophene rings is 1. The van der Waals surface area contributed by atoms with E-state index in [-0.39, 0.29) is 6.04 Å². The molecule has 0 aliphatic heterocycles. The highest BCUT2D eigenvalue weighted by atomic mass is 35.5. The largest absolute Gasteiger partial charge is 0.310 e. The van der Waals surface area contributed by atoms with Crippen LogP contribution in [0.3, 0.4) is 0 Å². The van der Waals surface area contributed by atoms with E-state index in [1.807, 2.05) is 12.3 Å². The minimum Gasteiger partial charge on any atom is -0.310 e. The van der Waals surface area contributed by atoms with Crippen LogP contribution in [0.2, 0.25) is 8.67 Å². The summed E-state index contributed by atoms with van der Waals surface area (Å²) >= 11 is 13.7. The van der Waals surface area contributed by atoms with E-state index in [1.165, 1.54) is 16.9 Å². The number of nitrogens with one attached hydrogen (secondary N) is 1. The second-order valence-corrected chi connectivity index (χ2v) is 6.89. The summed E-state index contributed by atoms with van der Waals surface area (Å²) in [6.45, 7) is 5.09. The molecule has 1 N–H and O–H groups in total. The van der Waals surface area contributed by atoms with E-state index in [0.29, 0.717) is 0 Å². The van der Waals surface area contributed by atoms with E-state index in [2.05, 4.69) is 36.3 Å². The number of hydrogen-bond donors (Lipinski definition) is 1. The van der Waals surface area contributed by atoms with Crippen LogP contribution in [-0.4, -0.2) is 11.5 Å². The Labute approximate surface area is 134 Å². The average molecular weight is 329 g/mol. The van der Waals surface area contributed by atoms with Gasteiger partial charge in [-0.05, 0) is 30.7 Å². The Hall–Kier alpha value is -0.610. The highest BCUT2D eigenvalue weighted by Crippen LogP contribution is 2.36. The molecule has 108 valence electrons. The molecule has 0 aliphatic carbocycles. The first-order chi connectivity index (χ1) is 9.63. The van der Waals surface area contributed by atoms with Crippen LogP contribution in [0.4, 0.5) is 0 Å². The number of pyridine rings is 1. The molecule has 0 saturated heterocycles. The second-order valence-electron chi connectivity index (χ2n) is 4.61. The molecule has 0 aliphatic rings. The first kappa shape index (κ1) is 15.8. The minimum absolute atomic E-state index is 0.149. The molecular weight excluding hydrogens is 311 g/mol. The van der Waals surface area contributed by atoms with Crippen molar-refractivity contribution in [3.63, 3.8) is 0 Å². The summed E-state index contributed by atoms with van der Waals surface area (Å²) in [4.78, 5) is 4.52. The van der Waals surface area contributed by atoms with Crippen LogP contribution in [-0.2, 0) is 12.8 Å². The normalized spacial score (nSPS) is 12.6. The van der Waals surface area contributed by atoms with E-state index in [0.717, 1.165) is 39.3 Å². The third kappa shape index (κ3) is 3.95. The van der Waals surface area contributed by atoms with Crippen molar-refractivity contribution < 1.29 is 0 Å². The van der Waals surface area contributed by atoms with Gasteiger partial charge in [0.15, 0.2) is 0 Å². The van der Waals surface area contributed by atoms with Gasteiger partial charge in [-0.15, -0.1) is 11.3 Å². The summed E-state index contributed by atoms with van der Waals surface area (Å²) in [6, 6.07) is 6.32. The maximum Gasteiger partial charge on any atom is 0.0992 e. The lowest BCUT2D eigenvalue weighted by molar-refractivity contribution is 0.545. The molecule has 0 spiro atoms. The molecule has 0 fully saturated rings. The predicted octanol–water partition coefficient (Wildman–Crippen LogP) is 4.91. The van der Waals surface area contributed by atoms with Crippen molar-refractivity contribution in [3.05, 3.63) is 49.9 Å². The molecule has 0 aromatic carbocycles. The molecule has 2 aromatic heterocycles. The van der Waals surface area contributed by atoms with Crippen molar-refractivity contribution in [3.8, 4) is 0 Å². The Morgan fingerprint density at radius 3 is 2.60 bits per heavy atom. The summed E-state index contributed by atoms with van der Waals surface area (Å²) in [7, 11) is 0. The molecule has 0 radical (unpaired) electrons. The minimum atomic E-state index is 0.149. The summed E-state index contributed by atoms with van der Waals surface area (Å²) in [5, 5.41) is 3.45. The summed E-state index contributed by atoms with van der Waals surface area (Å²) in [5.74, 6) is 0. The zero-order valence-corrected chi connectivity index (χ0v) is 13.9. The molecule has 2 aromatic rings. The van der Waals surface area contributed by atoms with Crippen molar-refractivity contribution in [2.45, 2.75) is 32.7 Å². The predicted molar refractivity (Wildman–Crippen MR) is 88.1 cm³/mol. The molecule has 0 saturated carbocycles. The first-order valence-electron chi connectivity index (χ1n) is 6.76. The van der Waals surface area contributed by atoms with E-state index in [1.54, 1.807) is 0 Å². The van der Waals surface area contributed by atoms with Gasteiger partial charge in [-0.25, -0.2) is 0 Å². The van der Waals surface area contributed by atoms with E-state index in [4.69, 9.17) is 23.2 Å². The van der Waals surface area contributed by atoms with Crippen LogP contribution >= 0.6 is 34.5 Å². The molecule has 0 amide bonds. The molecule has 5 heteroatoms. The average Bonchev–Trinajstić information content (AvgIpc) is 2.78. The van der Waals surface area contributed by atoms with Gasteiger partial charge in [-0.1, -0.05) is 43.1 Å². The molecule has 0 bridgehead atoms. The van der Waals surface area contributed by atoms with Gasteiger partial charge in [-0.3, -0.25) is 4.98 Å². The standard InChI is InChI=1S/C15H18Cl2N2S/c1-3-10-5-6-11(19-9-10)7-13(18-4-2)12-8-14(16)20-15(12)17/h5-6,8-9,13,18H,3-4,7H2,1-2H3. The van der Waals surface area contributed by atoms with Gasteiger partial charge in [0, 0.05) is 29.9 Å². The fraction of sp³-hybridized carbons (Fsp3) is 0.400. The van der Waals surface area contributed by atoms with E-state index in [9.17, 15) is 0 Å². The molecular formula is C15H18Cl2N2S. The Kier molecular flexibility index (Phi) is 5.85. The maximum atomic E-state index is 6.26. The first-order valence-corrected chi connectivity index (χ1v) is 8.33. The van der Waals surface area contributed by atoms with Crippen molar-refractivity contribution in [1.29, 1.82) is 0 Å². The monoisotopic (exact) mass is 328 g/mol. The van der Waals surface area contributed by atoms with E-state index >= 15 is 0 Å². The van der Waals surface area contributed by atoms with Gasteiger partial charge in [0.25, 0.3) is 0 Å². The van der Waals surface area contributed by atoms with Crippen molar-refractivity contribution in [1.82, 2.24) is 10.3 Å². The quantitative estimate of drug-likeness (QED) is 0.815. The molecule has 2 nitrogen and oxygen atoms in total.